The zero-order chi connectivity index (χ0) is 34.1. The van der Waals surface area contributed by atoms with Gasteiger partial charge in [0.2, 0.25) is 0 Å². The smallest absolute Gasteiger partial charge is 0.338 e. The number of nitro benzene ring substituents is 1. The molecule has 1 aromatic heterocycles. The van der Waals surface area contributed by atoms with Crippen LogP contribution in [0.3, 0.4) is 0 Å². The van der Waals surface area contributed by atoms with Crippen molar-refractivity contribution in [2.24, 2.45) is 4.99 Å². The molecule has 0 saturated carbocycles. The third-order valence-corrected chi connectivity index (χ3v) is 9.48. The molecule has 0 N–H and O–H groups in total. The number of halogens is 1. The van der Waals surface area contributed by atoms with E-state index in [0.29, 0.717) is 48.7 Å². The highest BCUT2D eigenvalue weighted by Gasteiger charge is 2.34. The number of rotatable bonds is 9. The number of carbonyl (C=O) groups is 1. The Kier molecular flexibility index (Phi) is 9.29. The summed E-state index contributed by atoms with van der Waals surface area (Å²) in [6.45, 7) is 5.42. The van der Waals surface area contributed by atoms with Gasteiger partial charge in [0.25, 0.3) is 11.2 Å². The van der Waals surface area contributed by atoms with Gasteiger partial charge in [0.15, 0.2) is 16.3 Å². The first-order chi connectivity index (χ1) is 23.0. The van der Waals surface area contributed by atoms with Gasteiger partial charge in [-0.15, -0.1) is 0 Å². The maximum absolute atomic E-state index is 14.1. The van der Waals surface area contributed by atoms with Crippen LogP contribution in [0.25, 0.3) is 16.8 Å². The first kappa shape index (κ1) is 32.9. The van der Waals surface area contributed by atoms with Crippen LogP contribution in [0.5, 0.6) is 11.5 Å². The molecule has 1 aliphatic heterocycles. The van der Waals surface area contributed by atoms with E-state index in [1.165, 1.54) is 22.8 Å². The van der Waals surface area contributed by atoms with Crippen LogP contribution in [0, 0.1) is 10.1 Å². The number of nitrogens with zero attached hydrogens (tertiary/aromatic N) is 3. The molecule has 0 unspecified atom stereocenters. The second-order valence-electron chi connectivity index (χ2n) is 11.3. The zero-order valence-electron chi connectivity index (χ0n) is 26.4. The number of esters is 1. The summed E-state index contributed by atoms with van der Waals surface area (Å²) in [5.74, 6) is 0.343. The number of aromatic nitrogens is 1. The van der Waals surface area contributed by atoms with Crippen molar-refractivity contribution >= 4 is 55.8 Å². The van der Waals surface area contributed by atoms with Crippen LogP contribution in [0.1, 0.15) is 43.5 Å². The van der Waals surface area contributed by atoms with Crippen LogP contribution in [0.15, 0.2) is 104 Å². The van der Waals surface area contributed by atoms with Gasteiger partial charge >= 0.3 is 5.97 Å². The molecule has 1 atom stereocenters. The number of thiazole rings is 1. The van der Waals surface area contributed by atoms with Gasteiger partial charge in [-0.3, -0.25) is 19.5 Å². The lowest BCUT2D eigenvalue weighted by atomic mass is 9.95. The fourth-order valence-electron chi connectivity index (χ4n) is 5.63. The van der Waals surface area contributed by atoms with E-state index in [-0.39, 0.29) is 11.3 Å². The quantitative estimate of drug-likeness (QED) is 0.0953. The lowest BCUT2D eigenvalue weighted by molar-refractivity contribution is -0.384. The van der Waals surface area contributed by atoms with Crippen molar-refractivity contribution in [2.75, 3.05) is 7.11 Å². The molecule has 4 aromatic carbocycles. The van der Waals surface area contributed by atoms with E-state index in [9.17, 15) is 19.7 Å². The number of carbonyl (C=O) groups excluding carboxylic acids is 1. The van der Waals surface area contributed by atoms with Crippen LogP contribution in [-0.2, 0) is 16.1 Å². The minimum atomic E-state index is -0.989. The van der Waals surface area contributed by atoms with Gasteiger partial charge in [-0.2, -0.15) is 0 Å². The molecular formula is C36H30BrN3O7S. The van der Waals surface area contributed by atoms with Gasteiger partial charge in [-0.05, 0) is 66.4 Å². The van der Waals surface area contributed by atoms with E-state index < -0.39 is 28.6 Å². The van der Waals surface area contributed by atoms with Gasteiger partial charge in [0.05, 0.1) is 40.0 Å². The highest BCUT2D eigenvalue weighted by atomic mass is 79.9. The largest absolute Gasteiger partial charge is 0.493 e. The molecular weight excluding hydrogens is 698 g/mol. The first-order valence-electron chi connectivity index (χ1n) is 15.0. The summed E-state index contributed by atoms with van der Waals surface area (Å²) in [4.78, 5) is 43.6. The van der Waals surface area contributed by atoms with Crippen molar-refractivity contribution in [3.63, 3.8) is 0 Å². The molecule has 5 aromatic rings. The second kappa shape index (κ2) is 13.6. The molecule has 10 nitrogen and oxygen atoms in total. The zero-order valence-corrected chi connectivity index (χ0v) is 28.8. The standard InChI is InChI=1S/C36H30BrN3O7S/c1-20(2)47-35(42)32-21(3)38-36-39(33(32)23-11-8-13-26(15-23)40(43)44)34(41)31(48-36)17-25-16-29(45-4)30(18-28(25)37)46-19-24-12-7-10-22-9-5-6-14-27(22)24/h5-18,20,33H,19H2,1-4H3/b31-17+/t33-/m1/s1. The maximum atomic E-state index is 14.1. The number of fused-ring (bicyclic) bond motifs is 2. The summed E-state index contributed by atoms with van der Waals surface area (Å²) in [6, 6.07) is 22.6. The van der Waals surface area contributed by atoms with Gasteiger partial charge in [-0.25, -0.2) is 9.79 Å². The molecule has 12 heteroatoms. The highest BCUT2D eigenvalue weighted by Crippen LogP contribution is 2.36. The van der Waals surface area contributed by atoms with E-state index >= 15 is 0 Å². The molecule has 0 saturated heterocycles. The molecule has 0 radical (unpaired) electrons. The van der Waals surface area contributed by atoms with Crippen molar-refractivity contribution in [3.8, 4) is 11.5 Å². The monoisotopic (exact) mass is 727 g/mol. The summed E-state index contributed by atoms with van der Waals surface area (Å²) >= 11 is 4.78. The summed E-state index contributed by atoms with van der Waals surface area (Å²) in [5, 5.41) is 13.9. The molecule has 0 fully saturated rings. The Bertz CT molecular complexity index is 2300. The minimum absolute atomic E-state index is 0.138. The molecule has 6 rings (SSSR count). The van der Waals surface area contributed by atoms with Crippen molar-refractivity contribution in [1.29, 1.82) is 0 Å². The average molecular weight is 729 g/mol. The van der Waals surface area contributed by atoms with E-state index in [1.807, 2.05) is 24.3 Å². The van der Waals surface area contributed by atoms with Crippen LogP contribution >= 0.6 is 27.3 Å². The van der Waals surface area contributed by atoms with Crippen LogP contribution < -0.4 is 24.4 Å². The minimum Gasteiger partial charge on any atom is -0.493 e. The predicted molar refractivity (Wildman–Crippen MR) is 187 cm³/mol. The Balaban J connectivity index is 1.41. The molecule has 0 bridgehead atoms. The van der Waals surface area contributed by atoms with Crippen molar-refractivity contribution in [2.45, 2.75) is 39.5 Å². The summed E-state index contributed by atoms with van der Waals surface area (Å²) in [5.41, 5.74) is 1.98. The molecule has 2 heterocycles. The second-order valence-corrected chi connectivity index (χ2v) is 13.2. The summed E-state index contributed by atoms with van der Waals surface area (Å²) < 4.78 is 19.8. The maximum Gasteiger partial charge on any atom is 0.338 e. The fourth-order valence-corrected chi connectivity index (χ4v) is 7.11. The topological polar surface area (TPSA) is 122 Å². The van der Waals surface area contributed by atoms with E-state index in [0.717, 1.165) is 27.7 Å². The number of hydrogen-bond donors (Lipinski definition) is 0. The van der Waals surface area contributed by atoms with E-state index in [1.54, 1.807) is 52.2 Å². The summed E-state index contributed by atoms with van der Waals surface area (Å²) in [7, 11) is 1.55. The molecule has 0 spiro atoms. The lowest BCUT2D eigenvalue weighted by Crippen LogP contribution is -2.40. The molecule has 0 aliphatic carbocycles. The normalized spacial score (nSPS) is 14.5. The Labute approximate surface area is 287 Å². The Hall–Kier alpha value is -5.07. The number of ether oxygens (including phenoxy) is 3. The average Bonchev–Trinajstić information content (AvgIpc) is 3.37. The van der Waals surface area contributed by atoms with E-state index in [4.69, 9.17) is 14.2 Å². The van der Waals surface area contributed by atoms with Crippen LogP contribution in [0.2, 0.25) is 0 Å². The fraction of sp³-hybridized carbons (Fsp3) is 0.194. The Morgan fingerprint density at radius 2 is 1.83 bits per heavy atom. The molecule has 1 aliphatic rings. The number of benzene rings is 4. The number of allylic oxidation sites excluding steroid dienone is 1. The number of hydrogen-bond acceptors (Lipinski definition) is 9. The number of non-ortho nitro benzene ring substituents is 1. The van der Waals surface area contributed by atoms with E-state index in [2.05, 4.69) is 39.1 Å². The van der Waals surface area contributed by atoms with Gasteiger partial charge in [0, 0.05) is 16.6 Å². The Morgan fingerprint density at radius 1 is 1.08 bits per heavy atom. The molecule has 244 valence electrons. The van der Waals surface area contributed by atoms with Gasteiger partial charge in [0.1, 0.15) is 6.61 Å². The lowest BCUT2D eigenvalue weighted by Gasteiger charge is -2.25. The Morgan fingerprint density at radius 3 is 2.58 bits per heavy atom. The van der Waals surface area contributed by atoms with Gasteiger partial charge in [-0.1, -0.05) is 81.9 Å². The molecule has 0 amide bonds. The first-order valence-corrected chi connectivity index (χ1v) is 16.6. The highest BCUT2D eigenvalue weighted by molar-refractivity contribution is 9.10. The summed E-state index contributed by atoms with van der Waals surface area (Å²) in [6.07, 6.45) is 1.28. The number of nitro groups is 1. The van der Waals surface area contributed by atoms with Crippen LogP contribution in [0.4, 0.5) is 5.69 Å². The van der Waals surface area contributed by atoms with Crippen molar-refractivity contribution in [1.82, 2.24) is 4.57 Å². The third-order valence-electron chi connectivity index (χ3n) is 7.81. The predicted octanol–water partition coefficient (Wildman–Crippen LogP) is 6.60. The van der Waals surface area contributed by atoms with Gasteiger partial charge < -0.3 is 14.2 Å². The SMILES string of the molecule is COc1cc(/C=c2/sc3n(c2=O)[C@H](c2cccc([N+](=O)[O-])c2)C(C(=O)OC(C)C)=C(C)N=3)c(Br)cc1OCc1cccc2ccccc12. The molecule has 48 heavy (non-hydrogen) atoms. The van der Waals surface area contributed by atoms with Crippen molar-refractivity contribution < 1.29 is 23.9 Å². The van der Waals surface area contributed by atoms with Crippen LogP contribution in [-0.4, -0.2) is 28.7 Å². The van der Waals surface area contributed by atoms with Crippen molar-refractivity contribution in [3.05, 3.63) is 141 Å². The third kappa shape index (κ3) is 6.41. The number of methoxy groups -OCH3 is 1.